The number of carbonyl (C=O) groups excluding carboxylic acids is 3. The summed E-state index contributed by atoms with van der Waals surface area (Å²) >= 11 is 0. The van der Waals surface area contributed by atoms with Crippen LogP contribution < -0.4 is 0 Å². The molecule has 0 fully saturated rings. The monoisotopic (exact) mass is 1050 g/mol. The maximum absolute atomic E-state index is 12.8. The van der Waals surface area contributed by atoms with Crippen molar-refractivity contribution in [1.82, 2.24) is 0 Å². The Labute approximate surface area is 468 Å². The third-order valence-electron chi connectivity index (χ3n) is 15.5. The van der Waals surface area contributed by atoms with Crippen LogP contribution >= 0.6 is 0 Å². The molecule has 0 aliphatic rings. The normalized spacial score (nSPS) is 12.1. The molecule has 6 nitrogen and oxygen atoms in total. The highest BCUT2D eigenvalue weighted by Gasteiger charge is 2.19. The van der Waals surface area contributed by atoms with Gasteiger partial charge in [-0.15, -0.1) is 0 Å². The summed E-state index contributed by atoms with van der Waals surface area (Å²) in [5.41, 5.74) is 0. The van der Waals surface area contributed by atoms with E-state index < -0.39 is 6.10 Å². The average molecular weight is 1060 g/mol. The highest BCUT2D eigenvalue weighted by atomic mass is 16.6. The predicted molar refractivity (Wildman–Crippen MR) is 326 cm³/mol. The van der Waals surface area contributed by atoms with Crippen LogP contribution in [0, 0.1) is 0 Å². The second-order valence-corrected chi connectivity index (χ2v) is 23.1. The zero-order chi connectivity index (χ0) is 54.3. The summed E-state index contributed by atoms with van der Waals surface area (Å²) < 4.78 is 16.8. The Hall–Kier alpha value is -2.11. The van der Waals surface area contributed by atoms with Gasteiger partial charge in [0.25, 0.3) is 0 Å². The smallest absolute Gasteiger partial charge is 0.306 e. The lowest BCUT2D eigenvalue weighted by atomic mass is 10.0. The van der Waals surface area contributed by atoms with E-state index in [1.54, 1.807) is 0 Å². The van der Waals surface area contributed by atoms with Crippen molar-refractivity contribution >= 4 is 17.9 Å². The van der Waals surface area contributed by atoms with Gasteiger partial charge in [0, 0.05) is 19.3 Å². The molecule has 0 aromatic carbocycles. The Balaban J connectivity index is 3.91. The Bertz CT molecular complexity index is 1210. The van der Waals surface area contributed by atoms with Crippen molar-refractivity contribution in [2.24, 2.45) is 0 Å². The molecule has 6 heteroatoms. The number of hydrogen-bond acceptors (Lipinski definition) is 6. The van der Waals surface area contributed by atoms with Crippen LogP contribution in [0.2, 0.25) is 0 Å². The van der Waals surface area contributed by atoms with Gasteiger partial charge in [-0.3, -0.25) is 14.4 Å². The van der Waals surface area contributed by atoms with Gasteiger partial charge < -0.3 is 14.2 Å². The third kappa shape index (κ3) is 62.6. The van der Waals surface area contributed by atoms with Crippen LogP contribution in [0.3, 0.4) is 0 Å². The number of unbranched alkanes of at least 4 members (excludes halogenated alkanes) is 48. The minimum absolute atomic E-state index is 0.0650. The fourth-order valence-corrected chi connectivity index (χ4v) is 10.4. The summed E-state index contributed by atoms with van der Waals surface area (Å²) in [4.78, 5) is 37.9. The molecular weight excluding hydrogens is 925 g/mol. The molecule has 0 aromatic heterocycles. The maximum atomic E-state index is 12.8. The van der Waals surface area contributed by atoms with Crippen LogP contribution in [0.25, 0.3) is 0 Å². The fraction of sp³-hybridized carbons (Fsp3) is 0.899. The van der Waals surface area contributed by atoms with E-state index in [4.69, 9.17) is 14.2 Å². The molecule has 0 amide bonds. The molecule has 0 aromatic rings. The molecule has 0 rings (SSSR count). The lowest BCUT2D eigenvalue weighted by Crippen LogP contribution is -2.30. The van der Waals surface area contributed by atoms with Gasteiger partial charge in [-0.25, -0.2) is 0 Å². The van der Waals surface area contributed by atoms with Crippen molar-refractivity contribution in [1.29, 1.82) is 0 Å². The molecule has 0 radical (unpaired) electrons. The molecule has 442 valence electrons. The second-order valence-electron chi connectivity index (χ2n) is 23.1. The summed E-state index contributed by atoms with van der Waals surface area (Å²) in [5, 5.41) is 0. The first-order valence-electron chi connectivity index (χ1n) is 33.8. The fourth-order valence-electron chi connectivity index (χ4n) is 10.4. The van der Waals surface area contributed by atoms with Crippen molar-refractivity contribution in [3.63, 3.8) is 0 Å². The van der Waals surface area contributed by atoms with Crippen molar-refractivity contribution in [3.05, 3.63) is 24.3 Å². The lowest BCUT2D eigenvalue weighted by Gasteiger charge is -2.18. The van der Waals surface area contributed by atoms with Gasteiger partial charge in [-0.2, -0.15) is 0 Å². The van der Waals surface area contributed by atoms with Gasteiger partial charge in [0.2, 0.25) is 0 Å². The van der Waals surface area contributed by atoms with Crippen LogP contribution in [0.15, 0.2) is 24.3 Å². The van der Waals surface area contributed by atoms with Crippen LogP contribution in [-0.4, -0.2) is 37.2 Å². The largest absolute Gasteiger partial charge is 0.462 e. The van der Waals surface area contributed by atoms with Crippen molar-refractivity contribution in [3.8, 4) is 0 Å². The molecule has 0 N–H and O–H groups in total. The number of rotatable bonds is 63. The summed E-state index contributed by atoms with van der Waals surface area (Å²) in [6, 6.07) is 0. The summed E-state index contributed by atoms with van der Waals surface area (Å²) in [7, 11) is 0. The topological polar surface area (TPSA) is 78.9 Å². The van der Waals surface area contributed by atoms with Crippen LogP contribution in [0.4, 0.5) is 0 Å². The summed E-state index contributed by atoms with van der Waals surface area (Å²) in [6.07, 6.45) is 78.3. The molecule has 0 saturated heterocycles. The average Bonchev–Trinajstić information content (AvgIpc) is 3.41. The molecule has 0 saturated carbocycles. The van der Waals surface area contributed by atoms with E-state index in [-0.39, 0.29) is 31.1 Å². The minimum atomic E-state index is -0.763. The second kappa shape index (κ2) is 64.4. The third-order valence-corrected chi connectivity index (χ3v) is 15.5. The number of allylic oxidation sites excluding steroid dienone is 4. The molecule has 75 heavy (non-hydrogen) atoms. The highest BCUT2D eigenvalue weighted by Crippen LogP contribution is 2.18. The van der Waals surface area contributed by atoms with Crippen LogP contribution in [0.1, 0.15) is 380 Å². The van der Waals surface area contributed by atoms with Crippen molar-refractivity contribution in [2.45, 2.75) is 386 Å². The first kappa shape index (κ1) is 72.9. The van der Waals surface area contributed by atoms with E-state index >= 15 is 0 Å². The Morgan fingerprint density at radius 2 is 0.480 bits per heavy atom. The van der Waals surface area contributed by atoms with E-state index in [0.29, 0.717) is 19.3 Å². The van der Waals surface area contributed by atoms with Gasteiger partial charge in [-0.05, 0) is 51.4 Å². The quantitative estimate of drug-likeness (QED) is 0.0261. The Morgan fingerprint density at radius 1 is 0.267 bits per heavy atom. The van der Waals surface area contributed by atoms with Crippen LogP contribution in [0.5, 0.6) is 0 Å². The van der Waals surface area contributed by atoms with Crippen molar-refractivity contribution in [2.75, 3.05) is 13.2 Å². The van der Waals surface area contributed by atoms with Gasteiger partial charge in [0.05, 0.1) is 0 Å². The first-order valence-corrected chi connectivity index (χ1v) is 33.8. The SMILES string of the molecule is CCCCCCC/C=C\C/C=C\CCCCCCCCCCCCCCCCCCCCCC(=O)OCC(COC(=O)CCCCCCC)OC(=O)CCCCCCCCCCCCCCCCCCCCCCC. The molecule has 0 aliphatic carbocycles. The van der Waals surface area contributed by atoms with E-state index in [1.807, 2.05) is 0 Å². The molecule has 1 unspecified atom stereocenters. The van der Waals surface area contributed by atoms with Crippen molar-refractivity contribution < 1.29 is 28.6 Å². The van der Waals surface area contributed by atoms with E-state index in [0.717, 1.165) is 70.6 Å². The molecule has 0 spiro atoms. The van der Waals surface area contributed by atoms with E-state index in [1.165, 1.54) is 270 Å². The molecule has 0 aliphatic heterocycles. The highest BCUT2D eigenvalue weighted by molar-refractivity contribution is 5.71. The Morgan fingerprint density at radius 3 is 0.733 bits per heavy atom. The number of esters is 3. The molecule has 0 bridgehead atoms. The molecule has 1 atom stereocenters. The van der Waals surface area contributed by atoms with Gasteiger partial charge >= 0.3 is 17.9 Å². The minimum Gasteiger partial charge on any atom is -0.462 e. The standard InChI is InChI=1S/C69H130O6/c1-4-7-10-13-15-17-19-21-23-25-27-29-30-31-32-33-34-35-36-37-38-40-41-43-45-47-49-51-53-56-59-62-68(71)74-65-66(64-73-67(70)61-58-55-12-9-6-3)75-69(72)63-60-57-54-52-50-48-46-44-42-39-28-26-24-22-20-18-16-14-11-8-5-2/h19,21,25,27,66H,4-18,20,22-24,26,28-65H2,1-3H3/b21-19-,27-25-. The summed E-state index contributed by atoms with van der Waals surface area (Å²) in [5.74, 6) is -0.852. The van der Waals surface area contributed by atoms with Gasteiger partial charge in [0.1, 0.15) is 13.2 Å². The summed E-state index contributed by atoms with van der Waals surface area (Å²) in [6.45, 7) is 6.62. The zero-order valence-electron chi connectivity index (χ0n) is 50.8. The van der Waals surface area contributed by atoms with E-state index in [9.17, 15) is 14.4 Å². The molecule has 0 heterocycles. The van der Waals surface area contributed by atoms with Crippen LogP contribution in [-0.2, 0) is 28.6 Å². The lowest BCUT2D eigenvalue weighted by molar-refractivity contribution is -0.167. The zero-order valence-corrected chi connectivity index (χ0v) is 50.8. The molecular formula is C69H130O6. The Kier molecular flexibility index (Phi) is 62.6. The van der Waals surface area contributed by atoms with Gasteiger partial charge in [0.15, 0.2) is 6.10 Å². The number of ether oxygens (including phenoxy) is 3. The van der Waals surface area contributed by atoms with E-state index in [2.05, 4.69) is 45.1 Å². The maximum Gasteiger partial charge on any atom is 0.306 e. The number of carbonyl (C=O) groups is 3. The number of hydrogen-bond donors (Lipinski definition) is 0. The van der Waals surface area contributed by atoms with Gasteiger partial charge in [-0.1, -0.05) is 334 Å². The predicted octanol–water partition coefficient (Wildman–Crippen LogP) is 23.0. The first-order chi connectivity index (χ1) is 37.0.